The molecule has 96 valence electrons. The fourth-order valence-corrected chi connectivity index (χ4v) is 2.94. The number of hydrogen-bond acceptors (Lipinski definition) is 3. The van der Waals surface area contributed by atoms with Gasteiger partial charge in [-0.15, -0.1) is 0 Å². The molecular formula is C10H13Cl2NO3S. The van der Waals surface area contributed by atoms with Gasteiger partial charge in [-0.2, -0.15) is 0 Å². The van der Waals surface area contributed by atoms with Crippen molar-refractivity contribution in [2.45, 2.75) is 12.8 Å². The molecule has 0 heterocycles. The molecule has 0 unspecified atom stereocenters. The van der Waals surface area contributed by atoms with E-state index in [0.717, 1.165) is 0 Å². The van der Waals surface area contributed by atoms with Crippen molar-refractivity contribution in [2.75, 3.05) is 17.1 Å². The van der Waals surface area contributed by atoms with Gasteiger partial charge in [0.15, 0.2) is 0 Å². The van der Waals surface area contributed by atoms with Crippen molar-refractivity contribution in [3.63, 3.8) is 0 Å². The van der Waals surface area contributed by atoms with Crippen LogP contribution in [0.15, 0.2) is 18.2 Å². The van der Waals surface area contributed by atoms with Crippen molar-refractivity contribution in [1.29, 1.82) is 0 Å². The van der Waals surface area contributed by atoms with Gasteiger partial charge in [-0.25, -0.2) is 8.42 Å². The van der Waals surface area contributed by atoms with Crippen LogP contribution in [0, 0.1) is 0 Å². The van der Waals surface area contributed by atoms with Gasteiger partial charge >= 0.3 is 0 Å². The highest BCUT2D eigenvalue weighted by atomic mass is 35.5. The lowest BCUT2D eigenvalue weighted by molar-refractivity contribution is 0.287. The van der Waals surface area contributed by atoms with Gasteiger partial charge in [-0.1, -0.05) is 23.2 Å². The first-order chi connectivity index (χ1) is 7.93. The third kappa shape index (κ3) is 5.59. The Bertz CT molecular complexity index is 456. The highest BCUT2D eigenvalue weighted by Gasteiger charge is 2.10. The molecule has 0 saturated heterocycles. The lowest BCUT2D eigenvalue weighted by Gasteiger charge is -2.08. The fraction of sp³-hybridized carbons (Fsp3) is 0.400. The van der Waals surface area contributed by atoms with Crippen LogP contribution in [0.4, 0.5) is 5.69 Å². The summed E-state index contributed by atoms with van der Waals surface area (Å²) in [5.74, 6) is -0.0440. The largest absolute Gasteiger partial charge is 0.396 e. The van der Waals surface area contributed by atoms with E-state index in [2.05, 4.69) is 4.72 Å². The van der Waals surface area contributed by atoms with Crippen LogP contribution < -0.4 is 4.72 Å². The Morgan fingerprint density at radius 1 is 1.12 bits per heavy atom. The summed E-state index contributed by atoms with van der Waals surface area (Å²) in [5, 5.41) is 9.31. The molecule has 0 radical (unpaired) electrons. The van der Waals surface area contributed by atoms with E-state index in [4.69, 9.17) is 28.3 Å². The standard InChI is InChI=1S/C10H13Cl2NO3S/c11-8-5-9(12)7-10(6-8)13-17(15,16)4-2-1-3-14/h5-7,13-14H,1-4H2. The molecule has 2 N–H and O–H groups in total. The van der Waals surface area contributed by atoms with E-state index in [1.54, 1.807) is 0 Å². The molecule has 7 heteroatoms. The maximum atomic E-state index is 11.6. The van der Waals surface area contributed by atoms with Crippen molar-refractivity contribution in [3.05, 3.63) is 28.2 Å². The minimum Gasteiger partial charge on any atom is -0.396 e. The Balaban J connectivity index is 2.69. The van der Waals surface area contributed by atoms with Crippen LogP contribution in [0.25, 0.3) is 0 Å². The van der Waals surface area contributed by atoms with Crippen LogP contribution in [0.3, 0.4) is 0 Å². The number of hydrogen-bond donors (Lipinski definition) is 2. The Kier molecular flexibility index (Phi) is 5.52. The Morgan fingerprint density at radius 2 is 1.71 bits per heavy atom. The molecule has 0 saturated carbocycles. The Hall–Kier alpha value is -0.490. The van der Waals surface area contributed by atoms with Crippen molar-refractivity contribution < 1.29 is 13.5 Å². The van der Waals surface area contributed by atoms with Gasteiger partial charge in [0.25, 0.3) is 0 Å². The molecule has 0 aliphatic rings. The van der Waals surface area contributed by atoms with E-state index < -0.39 is 10.0 Å². The van der Waals surface area contributed by atoms with Gasteiger partial charge in [-0.3, -0.25) is 4.72 Å². The topological polar surface area (TPSA) is 66.4 Å². The summed E-state index contributed by atoms with van der Waals surface area (Å²) in [7, 11) is -3.42. The number of anilines is 1. The van der Waals surface area contributed by atoms with E-state index in [1.807, 2.05) is 0 Å². The molecule has 0 amide bonds. The number of aliphatic hydroxyl groups excluding tert-OH is 1. The van der Waals surface area contributed by atoms with Crippen molar-refractivity contribution >= 4 is 38.9 Å². The summed E-state index contributed by atoms with van der Waals surface area (Å²) in [6.45, 7) is -0.0154. The first-order valence-electron chi connectivity index (χ1n) is 5.00. The van der Waals surface area contributed by atoms with E-state index in [9.17, 15) is 8.42 Å². The number of aliphatic hydroxyl groups is 1. The second kappa shape index (κ2) is 6.44. The molecule has 17 heavy (non-hydrogen) atoms. The Morgan fingerprint density at radius 3 is 2.24 bits per heavy atom. The van der Waals surface area contributed by atoms with Gasteiger partial charge < -0.3 is 5.11 Å². The average molecular weight is 298 g/mol. The zero-order valence-corrected chi connectivity index (χ0v) is 11.3. The fourth-order valence-electron chi connectivity index (χ4n) is 1.25. The monoisotopic (exact) mass is 297 g/mol. The molecule has 1 rings (SSSR count). The van der Waals surface area contributed by atoms with Crippen molar-refractivity contribution in [3.8, 4) is 0 Å². The van der Waals surface area contributed by atoms with Gasteiger partial charge in [0.05, 0.1) is 11.4 Å². The lowest BCUT2D eigenvalue weighted by Crippen LogP contribution is -2.16. The molecule has 0 fully saturated rings. The molecule has 0 spiro atoms. The summed E-state index contributed by atoms with van der Waals surface area (Å²) >= 11 is 11.5. The lowest BCUT2D eigenvalue weighted by atomic mass is 10.3. The first-order valence-corrected chi connectivity index (χ1v) is 7.41. The summed E-state index contributed by atoms with van der Waals surface area (Å²) < 4.78 is 25.6. The number of benzene rings is 1. The molecule has 0 bridgehead atoms. The van der Waals surface area contributed by atoms with E-state index >= 15 is 0 Å². The van der Waals surface area contributed by atoms with Crippen LogP contribution in [0.2, 0.25) is 10.0 Å². The molecule has 1 aromatic rings. The summed E-state index contributed by atoms with van der Waals surface area (Å²) in [4.78, 5) is 0. The second-order valence-corrected chi connectivity index (χ2v) is 6.22. The summed E-state index contributed by atoms with van der Waals surface area (Å²) in [6.07, 6.45) is 0.858. The van der Waals surface area contributed by atoms with Gasteiger partial charge in [0.2, 0.25) is 10.0 Å². The maximum absolute atomic E-state index is 11.6. The maximum Gasteiger partial charge on any atom is 0.232 e. The quantitative estimate of drug-likeness (QED) is 0.793. The normalized spacial score (nSPS) is 11.5. The molecule has 1 aromatic carbocycles. The van der Waals surface area contributed by atoms with Crippen molar-refractivity contribution in [1.82, 2.24) is 0 Å². The molecular weight excluding hydrogens is 285 g/mol. The number of nitrogens with one attached hydrogen (secondary N) is 1. The predicted octanol–water partition coefficient (Wildman–Crippen LogP) is 2.51. The molecule has 0 aliphatic carbocycles. The molecule has 0 aromatic heterocycles. The number of rotatable bonds is 6. The third-order valence-electron chi connectivity index (χ3n) is 1.96. The van der Waals surface area contributed by atoms with Gasteiger partial charge in [0, 0.05) is 16.7 Å². The molecule has 0 atom stereocenters. The molecule has 4 nitrogen and oxygen atoms in total. The summed E-state index contributed by atoms with van der Waals surface area (Å²) in [6, 6.07) is 4.49. The van der Waals surface area contributed by atoms with Crippen LogP contribution in [-0.4, -0.2) is 25.9 Å². The van der Waals surface area contributed by atoms with E-state index in [-0.39, 0.29) is 12.4 Å². The number of sulfonamides is 1. The second-order valence-electron chi connectivity index (χ2n) is 3.51. The van der Waals surface area contributed by atoms with Crippen LogP contribution in [0.1, 0.15) is 12.8 Å². The first kappa shape index (κ1) is 14.6. The van der Waals surface area contributed by atoms with E-state index in [0.29, 0.717) is 28.6 Å². The smallest absolute Gasteiger partial charge is 0.232 e. The highest BCUT2D eigenvalue weighted by Crippen LogP contribution is 2.23. The van der Waals surface area contributed by atoms with E-state index in [1.165, 1.54) is 18.2 Å². The molecule has 0 aliphatic heterocycles. The summed E-state index contributed by atoms with van der Waals surface area (Å²) in [5.41, 5.74) is 0.339. The zero-order chi connectivity index (χ0) is 12.9. The zero-order valence-electron chi connectivity index (χ0n) is 8.99. The van der Waals surface area contributed by atoms with Gasteiger partial charge in [0.1, 0.15) is 0 Å². The SMILES string of the molecule is O=S(=O)(CCCCO)Nc1cc(Cl)cc(Cl)c1. The van der Waals surface area contributed by atoms with Crippen LogP contribution >= 0.6 is 23.2 Å². The Labute approximate surface area is 111 Å². The minimum absolute atomic E-state index is 0.0154. The number of unbranched alkanes of at least 4 members (excludes halogenated alkanes) is 1. The number of halogens is 2. The highest BCUT2D eigenvalue weighted by molar-refractivity contribution is 7.92. The van der Waals surface area contributed by atoms with Gasteiger partial charge in [-0.05, 0) is 31.0 Å². The third-order valence-corrected chi connectivity index (χ3v) is 3.77. The average Bonchev–Trinajstić information content (AvgIpc) is 2.14. The van der Waals surface area contributed by atoms with Crippen LogP contribution in [0.5, 0.6) is 0 Å². The predicted molar refractivity (Wildman–Crippen MR) is 70.2 cm³/mol. The van der Waals surface area contributed by atoms with Crippen LogP contribution in [-0.2, 0) is 10.0 Å². The van der Waals surface area contributed by atoms with Crippen molar-refractivity contribution in [2.24, 2.45) is 0 Å². The minimum atomic E-state index is -3.42.